The predicted molar refractivity (Wildman–Crippen MR) is 64.9 cm³/mol. The third-order valence-electron chi connectivity index (χ3n) is 3.39. The molecule has 0 spiro atoms. The van der Waals surface area contributed by atoms with Gasteiger partial charge in [-0.1, -0.05) is 25.8 Å². The summed E-state index contributed by atoms with van der Waals surface area (Å²) < 4.78 is 0. The fourth-order valence-electron chi connectivity index (χ4n) is 2.33. The second-order valence-corrected chi connectivity index (χ2v) is 4.60. The molecule has 88 valence electrons. The molecule has 1 rings (SSSR count). The van der Waals surface area contributed by atoms with Crippen LogP contribution in [0.2, 0.25) is 0 Å². The molecule has 0 amide bonds. The molecule has 0 heterocycles. The van der Waals surface area contributed by atoms with Crippen LogP contribution in [0.5, 0.6) is 0 Å². The molecule has 0 saturated heterocycles. The molecule has 0 radical (unpaired) electrons. The summed E-state index contributed by atoms with van der Waals surface area (Å²) in [5.41, 5.74) is 0. The molecule has 0 aromatic rings. The smallest absolute Gasteiger partial charge is 0.0693 e. The molecule has 0 aromatic carbocycles. The molecule has 1 saturated carbocycles. The van der Waals surface area contributed by atoms with Crippen molar-refractivity contribution in [1.82, 2.24) is 5.32 Å². The summed E-state index contributed by atoms with van der Waals surface area (Å²) in [4.78, 5) is 0. The molecule has 15 heavy (non-hydrogen) atoms. The van der Waals surface area contributed by atoms with Crippen LogP contribution >= 0.6 is 0 Å². The van der Waals surface area contributed by atoms with Crippen molar-refractivity contribution in [1.29, 1.82) is 0 Å². The number of hydrogen-bond donors (Lipinski definition) is 2. The zero-order chi connectivity index (χ0) is 11.1. The van der Waals surface area contributed by atoms with Crippen LogP contribution in [-0.2, 0) is 0 Å². The maximum Gasteiger partial charge on any atom is 0.0693 e. The molecule has 1 aliphatic rings. The van der Waals surface area contributed by atoms with Crippen LogP contribution in [0.4, 0.5) is 0 Å². The second kappa shape index (κ2) is 7.02. The van der Waals surface area contributed by atoms with Gasteiger partial charge in [0.25, 0.3) is 0 Å². The van der Waals surface area contributed by atoms with E-state index in [1.807, 2.05) is 6.08 Å². The van der Waals surface area contributed by atoms with E-state index in [2.05, 4.69) is 18.8 Å². The third-order valence-corrected chi connectivity index (χ3v) is 3.39. The Bertz CT molecular complexity index is 181. The zero-order valence-corrected chi connectivity index (χ0v) is 9.91. The number of aliphatic hydroxyl groups excluding tert-OH is 1. The third kappa shape index (κ3) is 4.35. The van der Waals surface area contributed by atoms with Crippen LogP contribution in [0.3, 0.4) is 0 Å². The lowest BCUT2D eigenvalue weighted by molar-refractivity contribution is 0.0838. The first-order chi connectivity index (χ1) is 7.27. The predicted octanol–water partition coefficient (Wildman–Crippen LogP) is 2.62. The summed E-state index contributed by atoms with van der Waals surface area (Å²) in [6.45, 7) is 5.96. The van der Waals surface area contributed by atoms with E-state index in [4.69, 9.17) is 0 Å². The van der Waals surface area contributed by atoms with E-state index in [9.17, 15) is 5.11 Å². The number of rotatable bonds is 6. The lowest BCUT2D eigenvalue weighted by Gasteiger charge is -2.32. The van der Waals surface area contributed by atoms with Crippen LogP contribution in [0.25, 0.3) is 0 Å². The quantitative estimate of drug-likeness (QED) is 0.662. The van der Waals surface area contributed by atoms with E-state index in [0.717, 1.165) is 32.1 Å². The normalized spacial score (nSPS) is 28.7. The summed E-state index contributed by atoms with van der Waals surface area (Å²) in [6.07, 6.45) is 9.73. The number of allylic oxidation sites excluding steroid dienone is 1. The molecular formula is C13H25NO. The molecular weight excluding hydrogens is 186 g/mol. The van der Waals surface area contributed by atoms with Crippen molar-refractivity contribution in [3.05, 3.63) is 12.7 Å². The van der Waals surface area contributed by atoms with Gasteiger partial charge in [0.05, 0.1) is 6.10 Å². The van der Waals surface area contributed by atoms with Gasteiger partial charge in [-0.25, -0.2) is 0 Å². The molecule has 2 nitrogen and oxygen atoms in total. The van der Waals surface area contributed by atoms with Crippen molar-refractivity contribution >= 4 is 0 Å². The highest BCUT2D eigenvalue weighted by atomic mass is 16.3. The van der Waals surface area contributed by atoms with Gasteiger partial charge in [0.2, 0.25) is 0 Å². The maximum atomic E-state index is 9.86. The topological polar surface area (TPSA) is 32.3 Å². The van der Waals surface area contributed by atoms with Gasteiger partial charge in [0.15, 0.2) is 0 Å². The highest BCUT2D eigenvalue weighted by Crippen LogP contribution is 2.19. The molecule has 1 fully saturated rings. The van der Waals surface area contributed by atoms with E-state index in [1.54, 1.807) is 0 Å². The molecule has 0 bridgehead atoms. The van der Waals surface area contributed by atoms with Crippen molar-refractivity contribution in [3.63, 3.8) is 0 Å². The van der Waals surface area contributed by atoms with Crippen LogP contribution in [0, 0.1) is 0 Å². The van der Waals surface area contributed by atoms with Crippen LogP contribution in [-0.4, -0.2) is 23.3 Å². The van der Waals surface area contributed by atoms with Gasteiger partial charge in [-0.2, -0.15) is 0 Å². The monoisotopic (exact) mass is 211 g/mol. The number of nitrogens with one attached hydrogen (secondary N) is 1. The van der Waals surface area contributed by atoms with Crippen LogP contribution < -0.4 is 5.32 Å². The Morgan fingerprint density at radius 2 is 2.20 bits per heavy atom. The minimum atomic E-state index is -0.128. The second-order valence-electron chi connectivity index (χ2n) is 4.60. The summed E-state index contributed by atoms with van der Waals surface area (Å²) in [5, 5.41) is 13.4. The lowest BCUT2D eigenvalue weighted by Crippen LogP contribution is -2.46. The maximum absolute atomic E-state index is 9.86. The summed E-state index contributed by atoms with van der Waals surface area (Å²) in [5.74, 6) is 0. The van der Waals surface area contributed by atoms with Crippen LogP contribution in [0.1, 0.15) is 51.9 Å². The average molecular weight is 211 g/mol. The largest absolute Gasteiger partial charge is 0.392 e. The van der Waals surface area contributed by atoms with Crippen molar-refractivity contribution in [2.24, 2.45) is 0 Å². The molecule has 2 N–H and O–H groups in total. The molecule has 0 aromatic heterocycles. The Kier molecular flexibility index (Phi) is 5.96. The van der Waals surface area contributed by atoms with Gasteiger partial charge in [-0.05, 0) is 32.1 Å². The van der Waals surface area contributed by atoms with E-state index < -0.39 is 0 Å². The molecule has 1 aliphatic carbocycles. The van der Waals surface area contributed by atoms with Crippen LogP contribution in [0.15, 0.2) is 12.7 Å². The van der Waals surface area contributed by atoms with E-state index in [1.165, 1.54) is 12.8 Å². The van der Waals surface area contributed by atoms with Gasteiger partial charge in [-0.3, -0.25) is 0 Å². The average Bonchev–Trinajstić information content (AvgIpc) is 2.26. The molecule has 2 heteroatoms. The first-order valence-electron chi connectivity index (χ1n) is 6.33. The fourth-order valence-corrected chi connectivity index (χ4v) is 2.33. The highest BCUT2D eigenvalue weighted by molar-refractivity contribution is 4.84. The minimum absolute atomic E-state index is 0.128. The zero-order valence-electron chi connectivity index (χ0n) is 9.91. The Labute approximate surface area is 93.8 Å². The van der Waals surface area contributed by atoms with E-state index in [0.29, 0.717) is 12.1 Å². The van der Waals surface area contributed by atoms with E-state index >= 15 is 0 Å². The first kappa shape index (κ1) is 12.7. The standard InChI is InChI=1S/C13H25NO/c1-3-5-8-11(4-2)14-12-9-6-7-10-13(12)15/h3,11-15H,1,4-10H2,2H3. The van der Waals surface area contributed by atoms with Crippen molar-refractivity contribution < 1.29 is 5.11 Å². The van der Waals surface area contributed by atoms with Gasteiger partial charge < -0.3 is 10.4 Å². The molecule has 0 aliphatic heterocycles. The Hall–Kier alpha value is -0.340. The first-order valence-corrected chi connectivity index (χ1v) is 6.33. The lowest BCUT2D eigenvalue weighted by atomic mass is 9.91. The Morgan fingerprint density at radius 3 is 2.80 bits per heavy atom. The van der Waals surface area contributed by atoms with Gasteiger partial charge >= 0.3 is 0 Å². The van der Waals surface area contributed by atoms with E-state index in [-0.39, 0.29) is 6.10 Å². The Balaban J connectivity index is 2.31. The summed E-state index contributed by atoms with van der Waals surface area (Å²) >= 11 is 0. The van der Waals surface area contributed by atoms with Gasteiger partial charge in [0.1, 0.15) is 0 Å². The number of aliphatic hydroxyl groups is 1. The minimum Gasteiger partial charge on any atom is -0.392 e. The molecule has 3 atom stereocenters. The number of hydrogen-bond acceptors (Lipinski definition) is 2. The van der Waals surface area contributed by atoms with Crippen molar-refractivity contribution in [2.75, 3.05) is 0 Å². The Morgan fingerprint density at radius 1 is 1.47 bits per heavy atom. The molecule has 3 unspecified atom stereocenters. The van der Waals surface area contributed by atoms with Gasteiger partial charge in [0, 0.05) is 12.1 Å². The SMILES string of the molecule is C=CCCC(CC)NC1CCCCC1O. The summed E-state index contributed by atoms with van der Waals surface area (Å²) in [7, 11) is 0. The van der Waals surface area contributed by atoms with Gasteiger partial charge in [-0.15, -0.1) is 6.58 Å². The van der Waals surface area contributed by atoms with Crippen molar-refractivity contribution in [3.8, 4) is 0 Å². The fraction of sp³-hybridized carbons (Fsp3) is 0.846. The highest BCUT2D eigenvalue weighted by Gasteiger charge is 2.24. The van der Waals surface area contributed by atoms with Crippen molar-refractivity contribution in [2.45, 2.75) is 70.1 Å². The summed E-state index contributed by atoms with van der Waals surface area (Å²) in [6, 6.07) is 0.870.